The van der Waals surface area contributed by atoms with Crippen molar-refractivity contribution < 1.29 is 9.59 Å². The van der Waals surface area contributed by atoms with Crippen molar-refractivity contribution in [1.29, 1.82) is 0 Å². The van der Waals surface area contributed by atoms with Gasteiger partial charge in [-0.15, -0.1) is 0 Å². The predicted molar refractivity (Wildman–Crippen MR) is 89.4 cm³/mol. The number of anilines is 2. The zero-order valence-corrected chi connectivity index (χ0v) is 13.4. The van der Waals surface area contributed by atoms with Crippen molar-refractivity contribution in [2.45, 2.75) is 20.8 Å². The minimum absolute atomic E-state index is 0.560. The van der Waals surface area contributed by atoms with E-state index in [4.69, 9.17) is 11.6 Å². The summed E-state index contributed by atoms with van der Waals surface area (Å²) >= 11 is 5.86. The maximum absolute atomic E-state index is 12.0. The van der Waals surface area contributed by atoms with Gasteiger partial charge in [-0.05, 0) is 56.2 Å². The molecule has 0 saturated heterocycles. The third-order valence-electron chi connectivity index (χ3n) is 3.27. The molecule has 5 heteroatoms. The van der Waals surface area contributed by atoms with Crippen LogP contribution in [-0.4, -0.2) is 11.8 Å². The molecule has 2 aromatic carbocycles. The molecule has 0 spiro atoms. The predicted octanol–water partition coefficient (Wildman–Crippen LogP) is 3.84. The Morgan fingerprint density at radius 1 is 0.818 bits per heavy atom. The number of amides is 2. The third kappa shape index (κ3) is 3.86. The lowest BCUT2D eigenvalue weighted by Gasteiger charge is -2.11. The molecule has 4 nitrogen and oxygen atoms in total. The number of halogens is 1. The van der Waals surface area contributed by atoms with E-state index in [-0.39, 0.29) is 0 Å². The molecule has 0 heterocycles. The minimum Gasteiger partial charge on any atom is -0.318 e. The summed E-state index contributed by atoms with van der Waals surface area (Å²) in [5, 5.41) is 5.77. The molecule has 114 valence electrons. The van der Waals surface area contributed by atoms with Crippen LogP contribution >= 0.6 is 11.6 Å². The van der Waals surface area contributed by atoms with Crippen LogP contribution in [0.3, 0.4) is 0 Å². The molecule has 0 bridgehead atoms. The molecule has 0 unspecified atom stereocenters. The molecule has 2 aromatic rings. The molecule has 2 rings (SSSR count). The summed E-state index contributed by atoms with van der Waals surface area (Å²) in [6.45, 7) is 5.65. The maximum Gasteiger partial charge on any atom is 0.314 e. The summed E-state index contributed by atoms with van der Waals surface area (Å²) in [7, 11) is 0. The summed E-state index contributed by atoms with van der Waals surface area (Å²) in [6.07, 6.45) is 0. The van der Waals surface area contributed by atoms with Crippen LogP contribution in [0.25, 0.3) is 0 Å². The summed E-state index contributed by atoms with van der Waals surface area (Å²) in [5.41, 5.74) is 3.98. The Morgan fingerprint density at radius 2 is 1.32 bits per heavy atom. The molecule has 2 N–H and O–H groups in total. The first-order valence-corrected chi connectivity index (χ1v) is 7.20. The number of benzene rings is 2. The summed E-state index contributed by atoms with van der Waals surface area (Å²) < 4.78 is 0. The van der Waals surface area contributed by atoms with E-state index in [1.807, 2.05) is 32.9 Å². The fraction of sp³-hybridized carbons (Fsp3) is 0.176. The second kappa shape index (κ2) is 6.62. The van der Waals surface area contributed by atoms with Crippen LogP contribution in [0.5, 0.6) is 0 Å². The van der Waals surface area contributed by atoms with Gasteiger partial charge in [-0.25, -0.2) is 0 Å². The smallest absolute Gasteiger partial charge is 0.314 e. The van der Waals surface area contributed by atoms with E-state index in [2.05, 4.69) is 10.6 Å². The van der Waals surface area contributed by atoms with Gasteiger partial charge in [0.1, 0.15) is 0 Å². The van der Waals surface area contributed by atoms with Crippen LogP contribution in [-0.2, 0) is 9.59 Å². The first kappa shape index (κ1) is 16.0. The zero-order valence-electron chi connectivity index (χ0n) is 12.7. The van der Waals surface area contributed by atoms with Crippen molar-refractivity contribution in [2.24, 2.45) is 0 Å². The highest BCUT2D eigenvalue weighted by molar-refractivity contribution is 6.43. The van der Waals surface area contributed by atoms with Crippen LogP contribution < -0.4 is 10.6 Å². The van der Waals surface area contributed by atoms with E-state index < -0.39 is 11.8 Å². The number of rotatable bonds is 2. The zero-order chi connectivity index (χ0) is 16.3. The van der Waals surface area contributed by atoms with Crippen molar-refractivity contribution in [2.75, 3.05) is 10.6 Å². The molecule has 0 fully saturated rings. The molecule has 0 atom stereocenters. The average molecular weight is 317 g/mol. The Kier molecular flexibility index (Phi) is 4.83. The Bertz CT molecular complexity index is 678. The van der Waals surface area contributed by atoms with Gasteiger partial charge in [0.25, 0.3) is 0 Å². The number of hydrogen-bond acceptors (Lipinski definition) is 2. The molecule has 0 aliphatic heterocycles. The van der Waals surface area contributed by atoms with Crippen LogP contribution in [0.15, 0.2) is 36.4 Å². The molecule has 22 heavy (non-hydrogen) atoms. The van der Waals surface area contributed by atoms with E-state index in [9.17, 15) is 9.59 Å². The van der Waals surface area contributed by atoms with Gasteiger partial charge < -0.3 is 10.6 Å². The normalized spacial score (nSPS) is 10.2. The van der Waals surface area contributed by atoms with E-state index in [0.717, 1.165) is 16.7 Å². The van der Waals surface area contributed by atoms with Gasteiger partial charge in [0.05, 0.1) is 0 Å². The third-order valence-corrected chi connectivity index (χ3v) is 3.51. The molecule has 0 saturated carbocycles. The van der Waals surface area contributed by atoms with Gasteiger partial charge in [0, 0.05) is 16.4 Å². The Labute approximate surface area is 134 Å². The monoisotopic (exact) mass is 316 g/mol. The summed E-state index contributed by atoms with van der Waals surface area (Å²) in [4.78, 5) is 24.0. The van der Waals surface area contributed by atoms with Crippen molar-refractivity contribution in [1.82, 2.24) is 0 Å². The minimum atomic E-state index is -0.717. The molecule has 2 amide bonds. The SMILES string of the molecule is Cc1ccc(NC(=O)C(=O)Nc2ccc(Cl)cc2C)c(C)c1. The van der Waals surface area contributed by atoms with Crippen LogP contribution in [0, 0.1) is 20.8 Å². The highest BCUT2D eigenvalue weighted by Gasteiger charge is 2.15. The second-order valence-electron chi connectivity index (χ2n) is 5.19. The molecular weight excluding hydrogens is 300 g/mol. The Hall–Kier alpha value is -2.33. The van der Waals surface area contributed by atoms with Crippen molar-refractivity contribution in [3.63, 3.8) is 0 Å². The van der Waals surface area contributed by atoms with E-state index in [0.29, 0.717) is 16.4 Å². The van der Waals surface area contributed by atoms with Gasteiger partial charge in [0.15, 0.2) is 0 Å². The van der Waals surface area contributed by atoms with E-state index >= 15 is 0 Å². The Balaban J connectivity index is 2.07. The number of aryl methyl sites for hydroxylation is 3. The van der Waals surface area contributed by atoms with Gasteiger partial charge in [0.2, 0.25) is 0 Å². The molecular formula is C17H17ClN2O2. The standard InChI is InChI=1S/C17H17ClN2O2/c1-10-4-6-14(11(2)8-10)19-16(21)17(22)20-15-7-5-13(18)9-12(15)3/h4-9H,1-3H3,(H,19,21)(H,20,22). The number of carbonyl (C=O) groups is 2. The topological polar surface area (TPSA) is 58.2 Å². The van der Waals surface area contributed by atoms with Gasteiger partial charge in [-0.2, -0.15) is 0 Å². The fourth-order valence-electron chi connectivity index (χ4n) is 2.08. The van der Waals surface area contributed by atoms with Crippen LogP contribution in [0.1, 0.15) is 16.7 Å². The van der Waals surface area contributed by atoms with Gasteiger partial charge in [-0.3, -0.25) is 9.59 Å². The van der Waals surface area contributed by atoms with Crippen LogP contribution in [0.2, 0.25) is 5.02 Å². The lowest BCUT2D eigenvalue weighted by Crippen LogP contribution is -2.29. The summed E-state index contributed by atoms with van der Waals surface area (Å²) in [5.74, 6) is -1.42. The fourth-order valence-corrected chi connectivity index (χ4v) is 2.31. The van der Waals surface area contributed by atoms with E-state index in [1.165, 1.54) is 0 Å². The van der Waals surface area contributed by atoms with Crippen molar-refractivity contribution >= 4 is 34.8 Å². The van der Waals surface area contributed by atoms with Crippen molar-refractivity contribution in [3.05, 3.63) is 58.1 Å². The second-order valence-corrected chi connectivity index (χ2v) is 5.62. The molecule has 0 aliphatic rings. The summed E-state index contributed by atoms with van der Waals surface area (Å²) in [6, 6.07) is 10.6. The number of hydrogen-bond donors (Lipinski definition) is 2. The molecule has 0 aliphatic carbocycles. The molecule has 0 aromatic heterocycles. The number of nitrogens with one attached hydrogen (secondary N) is 2. The average Bonchev–Trinajstić information content (AvgIpc) is 2.44. The molecule has 0 radical (unpaired) electrons. The lowest BCUT2D eigenvalue weighted by molar-refractivity contribution is -0.133. The van der Waals surface area contributed by atoms with Crippen LogP contribution in [0.4, 0.5) is 11.4 Å². The first-order valence-electron chi connectivity index (χ1n) is 6.82. The van der Waals surface area contributed by atoms with Crippen molar-refractivity contribution in [3.8, 4) is 0 Å². The van der Waals surface area contributed by atoms with E-state index in [1.54, 1.807) is 24.3 Å². The first-order chi connectivity index (χ1) is 10.4. The lowest BCUT2D eigenvalue weighted by atomic mass is 10.1. The Morgan fingerprint density at radius 3 is 1.82 bits per heavy atom. The van der Waals surface area contributed by atoms with Gasteiger partial charge in [-0.1, -0.05) is 29.3 Å². The maximum atomic E-state index is 12.0. The highest BCUT2D eigenvalue weighted by Crippen LogP contribution is 2.20. The highest BCUT2D eigenvalue weighted by atomic mass is 35.5. The largest absolute Gasteiger partial charge is 0.318 e. The quantitative estimate of drug-likeness (QED) is 0.827. The van der Waals surface area contributed by atoms with Gasteiger partial charge >= 0.3 is 11.8 Å². The number of carbonyl (C=O) groups excluding carboxylic acids is 2.